The number of thioether (sulfide) groups is 1. The van der Waals surface area contributed by atoms with Gasteiger partial charge in [-0.3, -0.25) is 14.4 Å². The molecule has 1 aromatic heterocycles. The predicted octanol–water partition coefficient (Wildman–Crippen LogP) is -2.16. The fraction of sp³-hybridized carbons (Fsp3) is 0.731. The molecule has 42 heavy (non-hydrogen) atoms. The molecule has 0 aromatic carbocycles. The van der Waals surface area contributed by atoms with Crippen molar-refractivity contribution in [3.8, 4) is 0 Å². The van der Waals surface area contributed by atoms with Crippen LogP contribution in [0.1, 0.15) is 26.7 Å². The van der Waals surface area contributed by atoms with Crippen molar-refractivity contribution in [2.45, 2.75) is 56.6 Å². The summed E-state index contributed by atoms with van der Waals surface area (Å²) in [6.07, 6.45) is 2.73. The molecule has 0 saturated carbocycles. The van der Waals surface area contributed by atoms with Crippen molar-refractivity contribution >= 4 is 35.5 Å². The molecule has 5 aliphatic heterocycles. The van der Waals surface area contributed by atoms with Gasteiger partial charge in [-0.15, -0.1) is 16.9 Å². The van der Waals surface area contributed by atoms with Gasteiger partial charge in [0.15, 0.2) is 0 Å². The highest BCUT2D eigenvalue weighted by Gasteiger charge is 2.60. The van der Waals surface area contributed by atoms with Gasteiger partial charge in [-0.2, -0.15) is 0 Å². The Morgan fingerprint density at radius 3 is 2.83 bits per heavy atom. The largest absolute Gasteiger partial charge is 0.477 e. The third-order valence-corrected chi connectivity index (χ3v) is 11.2. The number of aliphatic carboxylic acids is 1. The lowest BCUT2D eigenvalue weighted by Crippen LogP contribution is -2.66. The summed E-state index contributed by atoms with van der Waals surface area (Å²) in [6.45, 7) is 6.94. The summed E-state index contributed by atoms with van der Waals surface area (Å²) in [7, 11) is 0. The van der Waals surface area contributed by atoms with Crippen molar-refractivity contribution in [2.75, 3.05) is 39.3 Å². The second-order valence-corrected chi connectivity index (χ2v) is 13.6. The van der Waals surface area contributed by atoms with Crippen LogP contribution >= 0.6 is 11.8 Å². The normalized spacial score (nSPS) is 34.7. The van der Waals surface area contributed by atoms with Crippen LogP contribution in [0.15, 0.2) is 16.9 Å². The highest BCUT2D eigenvalue weighted by atomic mass is 32.2. The molecule has 5 aliphatic rings. The van der Waals surface area contributed by atoms with Crippen LogP contribution in [-0.2, 0) is 25.7 Å². The molecular formula is C26H37N9O6S. The quantitative estimate of drug-likeness (QED) is 0.192. The van der Waals surface area contributed by atoms with Crippen molar-refractivity contribution in [3.05, 3.63) is 16.9 Å². The number of aromatic nitrogens is 4. The third-order valence-electron chi connectivity index (χ3n) is 9.71. The summed E-state index contributed by atoms with van der Waals surface area (Å²) in [5, 5.41) is 40.4. The summed E-state index contributed by atoms with van der Waals surface area (Å²) >= 11 is 1.44. The zero-order valence-corrected chi connectivity index (χ0v) is 24.4. The first-order valence-corrected chi connectivity index (χ1v) is 15.3. The number of carbonyl (C=O) groups is 4. The van der Waals surface area contributed by atoms with Gasteiger partial charge in [0.05, 0.1) is 24.6 Å². The Bertz CT molecular complexity index is 1290. The van der Waals surface area contributed by atoms with Gasteiger partial charge in [0.2, 0.25) is 17.7 Å². The molecule has 228 valence electrons. The summed E-state index contributed by atoms with van der Waals surface area (Å²) in [5.74, 6) is -2.24. The molecule has 5 N–H and O–H groups in total. The van der Waals surface area contributed by atoms with E-state index < -0.39 is 17.9 Å². The van der Waals surface area contributed by atoms with E-state index in [0.717, 1.165) is 13.0 Å². The minimum absolute atomic E-state index is 0.00133. The average molecular weight is 604 g/mol. The number of aliphatic hydroxyl groups is 1. The number of nitrogens with one attached hydrogen (secondary N) is 3. The molecule has 1 aromatic rings. The Labute approximate surface area is 246 Å². The van der Waals surface area contributed by atoms with Crippen LogP contribution < -0.4 is 16.0 Å². The van der Waals surface area contributed by atoms with E-state index in [1.54, 1.807) is 6.92 Å². The van der Waals surface area contributed by atoms with E-state index in [9.17, 15) is 29.4 Å². The molecule has 3 amide bonds. The lowest BCUT2D eigenvalue weighted by Gasteiger charge is -2.47. The summed E-state index contributed by atoms with van der Waals surface area (Å²) < 4.78 is 1.28. The van der Waals surface area contributed by atoms with E-state index in [1.165, 1.54) is 27.7 Å². The van der Waals surface area contributed by atoms with E-state index in [1.807, 2.05) is 11.8 Å². The van der Waals surface area contributed by atoms with Gasteiger partial charge in [0.25, 0.3) is 0 Å². The van der Waals surface area contributed by atoms with Crippen molar-refractivity contribution in [3.63, 3.8) is 0 Å². The number of amides is 3. The molecule has 0 spiro atoms. The second-order valence-electron chi connectivity index (χ2n) is 12.2. The number of β-lactam (4-membered cyclic amide) rings is 1. The molecule has 15 nitrogen and oxygen atoms in total. The van der Waals surface area contributed by atoms with E-state index in [2.05, 4.69) is 31.5 Å². The maximum absolute atomic E-state index is 13.5. The van der Waals surface area contributed by atoms with Crippen molar-refractivity contribution in [2.24, 2.45) is 23.2 Å². The number of carboxylic acids is 1. The number of hydrogen-bond donors (Lipinski definition) is 5. The number of tetrazole rings is 1. The van der Waals surface area contributed by atoms with Gasteiger partial charge in [0, 0.05) is 53.7 Å². The molecule has 0 radical (unpaired) electrons. The fourth-order valence-electron chi connectivity index (χ4n) is 7.51. The highest BCUT2D eigenvalue weighted by Crippen LogP contribution is 2.52. The average Bonchev–Trinajstić information content (AvgIpc) is 3.75. The zero-order valence-electron chi connectivity index (χ0n) is 23.6. The molecule has 8 atom stereocenters. The first-order chi connectivity index (χ1) is 20.1. The molecule has 3 unspecified atom stereocenters. The molecule has 0 aliphatic carbocycles. The van der Waals surface area contributed by atoms with E-state index in [4.69, 9.17) is 0 Å². The maximum atomic E-state index is 13.5. The topological polar surface area (TPSA) is 195 Å². The van der Waals surface area contributed by atoms with E-state index in [-0.39, 0.29) is 65.2 Å². The summed E-state index contributed by atoms with van der Waals surface area (Å²) in [4.78, 5) is 55.4. The van der Waals surface area contributed by atoms with Gasteiger partial charge in [-0.05, 0) is 42.7 Å². The number of aliphatic hydroxyl groups excluding tert-OH is 1. The number of hydrogen-bond acceptors (Lipinski definition) is 11. The lowest BCUT2D eigenvalue weighted by atomic mass is 9.74. The Morgan fingerprint density at radius 2 is 2.12 bits per heavy atom. The molecule has 4 saturated heterocycles. The van der Waals surface area contributed by atoms with Crippen LogP contribution in [-0.4, -0.2) is 127 Å². The van der Waals surface area contributed by atoms with Crippen LogP contribution in [0.5, 0.6) is 0 Å². The van der Waals surface area contributed by atoms with E-state index >= 15 is 0 Å². The number of carbonyl (C=O) groups excluding carboxylic acids is 3. The number of fused-ring (bicyclic) bond motifs is 2. The lowest BCUT2D eigenvalue weighted by molar-refractivity contribution is -0.158. The first kappa shape index (κ1) is 29.0. The standard InChI is InChI=1S/C26H37N9O6S/c1-13-20-19(14(2)30-18(37)8-34-12-29-31-32-34)24(39)35(20)21(25(40)41)22(13)42-16-5-17(28-7-16)23(38)33-4-3-15-6-27-9-26(15,10-33)11-36/h12-17,19-20,27-28,36H,3-11H2,1-2H3,(H,30,37)(H,40,41)/t13-,14?,15?,16+,17+,19-,20-,26?/m1/s1. The van der Waals surface area contributed by atoms with Crippen LogP contribution in [0.4, 0.5) is 0 Å². The Morgan fingerprint density at radius 1 is 1.31 bits per heavy atom. The summed E-state index contributed by atoms with van der Waals surface area (Å²) in [5.41, 5.74) is -0.288. The number of nitrogens with zero attached hydrogens (tertiary/aromatic N) is 6. The van der Waals surface area contributed by atoms with E-state index in [0.29, 0.717) is 43.4 Å². The molecule has 0 bridgehead atoms. The third kappa shape index (κ3) is 4.87. The SMILES string of the molecule is CC(NC(=O)Cn1cnnn1)[C@H]1C(=O)N2C(C(=O)O)=C(S[C@@H]3CN[C@H](C(=O)N4CCC5CNCC5(CO)C4)C3)[C@H](C)[C@H]12. The zero-order chi connectivity index (χ0) is 29.8. The van der Waals surface area contributed by atoms with Crippen LogP contribution in [0.3, 0.4) is 0 Å². The predicted molar refractivity (Wildman–Crippen MR) is 148 cm³/mol. The Balaban J connectivity index is 1.09. The van der Waals surface area contributed by atoms with Crippen molar-refractivity contribution < 1.29 is 29.4 Å². The molecule has 4 fully saturated rings. The van der Waals surface area contributed by atoms with Gasteiger partial charge < -0.3 is 36.0 Å². The van der Waals surface area contributed by atoms with Gasteiger partial charge >= 0.3 is 5.97 Å². The number of piperidine rings is 1. The number of rotatable bonds is 9. The Hall–Kier alpha value is -3.08. The van der Waals surface area contributed by atoms with Crippen LogP contribution in [0, 0.1) is 23.2 Å². The van der Waals surface area contributed by atoms with Gasteiger partial charge in [0.1, 0.15) is 18.6 Å². The molecule has 6 heterocycles. The van der Waals surface area contributed by atoms with Crippen molar-refractivity contribution in [1.82, 2.24) is 46.0 Å². The molecular weight excluding hydrogens is 566 g/mol. The minimum atomic E-state index is -1.16. The van der Waals surface area contributed by atoms with Gasteiger partial charge in [-0.25, -0.2) is 9.48 Å². The monoisotopic (exact) mass is 603 g/mol. The molecule has 16 heteroatoms. The first-order valence-electron chi connectivity index (χ1n) is 14.4. The smallest absolute Gasteiger partial charge is 0.353 e. The fourth-order valence-corrected chi connectivity index (χ4v) is 8.99. The number of likely N-dealkylation sites (tertiary alicyclic amines) is 1. The maximum Gasteiger partial charge on any atom is 0.353 e. The number of carboxylic acid groups (broad SMARTS) is 1. The molecule has 6 rings (SSSR count). The minimum Gasteiger partial charge on any atom is -0.477 e. The Kier molecular flexibility index (Phi) is 7.74. The van der Waals surface area contributed by atoms with Crippen molar-refractivity contribution in [1.29, 1.82) is 0 Å². The van der Waals surface area contributed by atoms with Crippen LogP contribution in [0.2, 0.25) is 0 Å². The van der Waals surface area contributed by atoms with Gasteiger partial charge in [-0.1, -0.05) is 6.92 Å². The van der Waals surface area contributed by atoms with Crippen LogP contribution in [0.25, 0.3) is 0 Å². The second kappa shape index (κ2) is 11.2. The highest BCUT2D eigenvalue weighted by molar-refractivity contribution is 8.03. The summed E-state index contributed by atoms with van der Waals surface area (Å²) in [6, 6.07) is -1.27.